The van der Waals surface area contributed by atoms with Gasteiger partial charge in [-0.2, -0.15) is 0 Å². The maximum absolute atomic E-state index is 13.3. The summed E-state index contributed by atoms with van der Waals surface area (Å²) in [4.78, 5) is 57.5. The molecule has 8 N–H and O–H groups in total. The van der Waals surface area contributed by atoms with Crippen LogP contribution in [-0.4, -0.2) is 96.2 Å². The number of nitrogens with one attached hydrogen (secondary N) is 2. The molecule has 166 valence electrons. The first-order valence-corrected chi connectivity index (χ1v) is 10.2. The highest BCUT2D eigenvalue weighted by molar-refractivity contribution is 5.96. The number of guanidine groups is 1. The second kappa shape index (κ2) is 9.39. The number of carbonyl (C=O) groups is 4. The monoisotopic (exact) mass is 422 g/mol. The van der Waals surface area contributed by atoms with Crippen LogP contribution in [0.25, 0.3) is 0 Å². The molecule has 3 aliphatic rings. The highest BCUT2D eigenvalue weighted by Gasteiger charge is 2.45. The molecule has 0 aliphatic carbocycles. The third kappa shape index (κ3) is 5.05. The predicted molar refractivity (Wildman–Crippen MR) is 108 cm³/mol. The van der Waals surface area contributed by atoms with Crippen LogP contribution in [-0.2, 0) is 19.2 Å². The number of ketones is 1. The van der Waals surface area contributed by atoms with E-state index in [1.54, 1.807) is 4.90 Å². The highest BCUT2D eigenvalue weighted by Crippen LogP contribution is 2.24. The summed E-state index contributed by atoms with van der Waals surface area (Å²) in [6, 6.07) is -2.70. The number of rotatable bonds is 6. The summed E-state index contributed by atoms with van der Waals surface area (Å²) in [7, 11) is 0. The Morgan fingerprint density at radius 1 is 1.13 bits per heavy atom. The minimum atomic E-state index is -0.873. The number of amides is 3. The summed E-state index contributed by atoms with van der Waals surface area (Å²) in [5.41, 5.74) is 16.1. The fourth-order valence-corrected chi connectivity index (χ4v) is 4.45. The summed E-state index contributed by atoms with van der Waals surface area (Å²) >= 11 is 0. The van der Waals surface area contributed by atoms with Gasteiger partial charge in [0.1, 0.15) is 12.1 Å². The number of primary amides is 1. The van der Waals surface area contributed by atoms with Crippen LogP contribution in [0, 0.1) is 0 Å². The third-order valence-electron chi connectivity index (χ3n) is 5.85. The first-order chi connectivity index (χ1) is 14.3. The van der Waals surface area contributed by atoms with Gasteiger partial charge in [-0.25, -0.2) is 0 Å². The minimum Gasteiger partial charge on any atom is -0.370 e. The van der Waals surface area contributed by atoms with Crippen molar-refractivity contribution in [3.63, 3.8) is 0 Å². The van der Waals surface area contributed by atoms with Gasteiger partial charge in [-0.15, -0.1) is 0 Å². The molecule has 3 saturated heterocycles. The Kier molecular flexibility index (Phi) is 6.87. The molecule has 3 amide bonds. The average Bonchev–Trinajstić information content (AvgIpc) is 2.67. The van der Waals surface area contributed by atoms with Crippen LogP contribution in [0.4, 0.5) is 0 Å². The van der Waals surface area contributed by atoms with E-state index in [9.17, 15) is 19.2 Å². The van der Waals surface area contributed by atoms with E-state index in [1.165, 1.54) is 0 Å². The van der Waals surface area contributed by atoms with Crippen molar-refractivity contribution in [3.05, 3.63) is 0 Å². The minimum absolute atomic E-state index is 0.0264. The number of piperazine rings is 2. The van der Waals surface area contributed by atoms with E-state index < -0.39 is 30.1 Å². The molecular weight excluding hydrogens is 392 g/mol. The van der Waals surface area contributed by atoms with Crippen LogP contribution < -0.4 is 27.8 Å². The van der Waals surface area contributed by atoms with Gasteiger partial charge in [-0.3, -0.25) is 34.0 Å². The summed E-state index contributed by atoms with van der Waals surface area (Å²) in [6.07, 6.45) is 2.19. The lowest BCUT2D eigenvalue weighted by Gasteiger charge is -2.45. The van der Waals surface area contributed by atoms with Gasteiger partial charge in [-0.05, 0) is 32.2 Å². The summed E-state index contributed by atoms with van der Waals surface area (Å²) < 4.78 is 0. The molecule has 3 heterocycles. The van der Waals surface area contributed by atoms with Crippen LogP contribution in [0.2, 0.25) is 0 Å². The standard InChI is InChI=1S/C18H30N8O4/c19-16(29)11-8-26(13(17(30)24-11)3-1-5-22-18(20)21)12-4-2-6-25-7-10(15(12)28)23-14(27)9-25/h10-13H,1-9H2,(H2,19,29)(H,23,27)(H,24,30)(H4,20,21,22)/t10-,11-,12?,13+/m1/s1. The number of hydrogen-bond donors (Lipinski definition) is 5. The van der Waals surface area contributed by atoms with E-state index in [0.717, 1.165) is 0 Å². The Balaban J connectivity index is 1.81. The molecule has 0 aromatic carbocycles. The quantitative estimate of drug-likeness (QED) is 0.164. The van der Waals surface area contributed by atoms with Crippen molar-refractivity contribution < 1.29 is 19.2 Å². The van der Waals surface area contributed by atoms with Crippen LogP contribution >= 0.6 is 0 Å². The van der Waals surface area contributed by atoms with Crippen LogP contribution in [0.15, 0.2) is 4.99 Å². The molecule has 12 nitrogen and oxygen atoms in total. The van der Waals surface area contributed by atoms with E-state index >= 15 is 0 Å². The molecule has 0 aromatic heterocycles. The van der Waals surface area contributed by atoms with E-state index in [0.29, 0.717) is 45.3 Å². The number of hydrogen-bond acceptors (Lipinski definition) is 7. The zero-order chi connectivity index (χ0) is 21.8. The molecule has 3 fully saturated rings. The maximum atomic E-state index is 13.3. The molecule has 30 heavy (non-hydrogen) atoms. The van der Waals surface area contributed by atoms with Crippen molar-refractivity contribution in [1.29, 1.82) is 0 Å². The predicted octanol–water partition coefficient (Wildman–Crippen LogP) is -3.77. The molecule has 2 unspecified atom stereocenters. The van der Waals surface area contributed by atoms with Crippen molar-refractivity contribution in [3.8, 4) is 0 Å². The molecule has 3 rings (SSSR count). The lowest BCUT2D eigenvalue weighted by atomic mass is 9.91. The largest absolute Gasteiger partial charge is 0.370 e. The van der Waals surface area contributed by atoms with Gasteiger partial charge in [-0.1, -0.05) is 0 Å². The van der Waals surface area contributed by atoms with Crippen molar-refractivity contribution in [1.82, 2.24) is 20.4 Å². The molecule has 2 bridgehead atoms. The van der Waals surface area contributed by atoms with E-state index in [1.807, 2.05) is 4.90 Å². The van der Waals surface area contributed by atoms with Gasteiger partial charge in [0.25, 0.3) is 0 Å². The Hall–Kier alpha value is -2.73. The Morgan fingerprint density at radius 2 is 1.90 bits per heavy atom. The Morgan fingerprint density at radius 3 is 2.60 bits per heavy atom. The van der Waals surface area contributed by atoms with Gasteiger partial charge in [0, 0.05) is 19.6 Å². The van der Waals surface area contributed by atoms with Crippen LogP contribution in [0.1, 0.15) is 25.7 Å². The molecule has 3 aliphatic heterocycles. The lowest BCUT2D eigenvalue weighted by molar-refractivity contribution is -0.144. The number of nitrogens with two attached hydrogens (primary N) is 3. The smallest absolute Gasteiger partial charge is 0.241 e. The highest BCUT2D eigenvalue weighted by atomic mass is 16.2. The second-order valence-electron chi connectivity index (χ2n) is 8.04. The van der Waals surface area contributed by atoms with Crippen molar-refractivity contribution in [2.75, 3.05) is 32.7 Å². The zero-order valence-corrected chi connectivity index (χ0v) is 16.9. The number of Topliss-reactive ketones (excluding diaryl/α,β-unsaturated/α-hetero) is 1. The summed E-state index contributed by atoms with van der Waals surface area (Å²) in [5, 5.41) is 5.41. The van der Waals surface area contributed by atoms with Crippen molar-refractivity contribution in [2.45, 2.75) is 49.9 Å². The zero-order valence-electron chi connectivity index (χ0n) is 16.9. The van der Waals surface area contributed by atoms with Crippen molar-refractivity contribution in [2.24, 2.45) is 22.2 Å². The van der Waals surface area contributed by atoms with Gasteiger partial charge in [0.2, 0.25) is 17.7 Å². The first-order valence-electron chi connectivity index (χ1n) is 10.2. The van der Waals surface area contributed by atoms with E-state index in [2.05, 4.69) is 15.6 Å². The Labute approximate surface area is 174 Å². The topological polar surface area (TPSA) is 189 Å². The third-order valence-corrected chi connectivity index (χ3v) is 5.85. The first kappa shape index (κ1) is 22.0. The lowest BCUT2D eigenvalue weighted by Crippen LogP contribution is -2.69. The number of fused-ring (bicyclic) bond motifs is 2. The van der Waals surface area contributed by atoms with Gasteiger partial charge >= 0.3 is 0 Å². The fourth-order valence-electron chi connectivity index (χ4n) is 4.45. The molecule has 0 aromatic rings. The average molecular weight is 422 g/mol. The number of nitrogens with zero attached hydrogens (tertiary/aromatic N) is 3. The molecule has 5 atom stereocenters. The molecule has 0 saturated carbocycles. The number of aliphatic imine (C=N–C) groups is 1. The second-order valence-corrected chi connectivity index (χ2v) is 8.04. The van der Waals surface area contributed by atoms with E-state index in [4.69, 9.17) is 17.2 Å². The van der Waals surface area contributed by atoms with Crippen LogP contribution in [0.5, 0.6) is 0 Å². The molecule has 0 radical (unpaired) electrons. The normalized spacial score (nSPS) is 32.4. The summed E-state index contributed by atoms with van der Waals surface area (Å²) in [5.74, 6) is -1.34. The van der Waals surface area contributed by atoms with Gasteiger partial charge < -0.3 is 27.8 Å². The van der Waals surface area contributed by atoms with E-state index in [-0.39, 0.29) is 36.6 Å². The van der Waals surface area contributed by atoms with Gasteiger partial charge in [0.15, 0.2) is 11.7 Å². The molecule has 0 spiro atoms. The SMILES string of the molecule is NC(=O)[C@H]1CN(C2CCCN3CC(=O)N[C@H](C3)C2=O)[C@@H](CCCN=C(N)N)C(=O)N1. The fraction of sp³-hybridized carbons (Fsp3) is 0.722. The maximum Gasteiger partial charge on any atom is 0.241 e. The van der Waals surface area contributed by atoms with Crippen LogP contribution in [0.3, 0.4) is 0 Å². The Bertz CT molecular complexity index is 738. The molecular formula is C18H30N8O4. The van der Waals surface area contributed by atoms with Crippen molar-refractivity contribution >= 4 is 29.5 Å². The number of carbonyl (C=O) groups excluding carboxylic acids is 4. The summed E-state index contributed by atoms with van der Waals surface area (Å²) in [6.45, 7) is 1.94. The molecule has 12 heteroatoms. The van der Waals surface area contributed by atoms with Gasteiger partial charge in [0.05, 0.1) is 18.6 Å².